The highest BCUT2D eigenvalue weighted by Gasteiger charge is 2.23. The normalized spacial score (nSPS) is 13.8. The zero-order chi connectivity index (χ0) is 20.9. The smallest absolute Gasteiger partial charge is 0.255 e. The predicted octanol–water partition coefficient (Wildman–Crippen LogP) is 4.55. The van der Waals surface area contributed by atoms with E-state index in [1.807, 2.05) is 47.4 Å². The number of rotatable bonds is 4. The molecule has 2 amide bonds. The molecule has 0 saturated carbocycles. The van der Waals surface area contributed by atoms with Crippen LogP contribution < -0.4 is 10.2 Å². The first-order valence-electron chi connectivity index (χ1n) is 9.87. The van der Waals surface area contributed by atoms with E-state index in [2.05, 4.69) is 10.2 Å². The quantitative estimate of drug-likeness (QED) is 0.674. The van der Waals surface area contributed by atoms with Gasteiger partial charge in [0, 0.05) is 42.3 Å². The minimum Gasteiger partial charge on any atom is -0.366 e. The van der Waals surface area contributed by atoms with Crippen molar-refractivity contribution in [1.29, 1.82) is 0 Å². The summed E-state index contributed by atoms with van der Waals surface area (Å²) in [5.74, 6) is -0.128. The standard InChI is InChI=1S/C24H22ClN3O2/c25-20-12-10-19(11-13-20)24(30)28-16-14-27(15-17-28)22-9-5-4-8-21(22)26-23(29)18-6-2-1-3-7-18/h1-13H,14-17H2,(H,26,29). The molecule has 1 aliphatic rings. The maximum atomic E-state index is 12.7. The Kier molecular flexibility index (Phi) is 6.00. The monoisotopic (exact) mass is 419 g/mol. The van der Waals surface area contributed by atoms with Crippen LogP contribution in [0.2, 0.25) is 5.02 Å². The highest BCUT2D eigenvalue weighted by atomic mass is 35.5. The van der Waals surface area contributed by atoms with Crippen LogP contribution >= 0.6 is 11.6 Å². The number of halogens is 1. The molecule has 3 aromatic carbocycles. The van der Waals surface area contributed by atoms with Crippen LogP contribution in [0.3, 0.4) is 0 Å². The molecular weight excluding hydrogens is 398 g/mol. The van der Waals surface area contributed by atoms with Gasteiger partial charge in [0.25, 0.3) is 11.8 Å². The lowest BCUT2D eigenvalue weighted by Crippen LogP contribution is -2.49. The summed E-state index contributed by atoms with van der Waals surface area (Å²) in [6, 6.07) is 23.9. The van der Waals surface area contributed by atoms with Gasteiger partial charge in [-0.25, -0.2) is 0 Å². The fourth-order valence-electron chi connectivity index (χ4n) is 3.56. The van der Waals surface area contributed by atoms with E-state index in [9.17, 15) is 9.59 Å². The van der Waals surface area contributed by atoms with Crippen molar-refractivity contribution in [3.63, 3.8) is 0 Å². The van der Waals surface area contributed by atoms with E-state index >= 15 is 0 Å². The van der Waals surface area contributed by atoms with Crippen molar-refractivity contribution in [3.8, 4) is 0 Å². The number of hydrogen-bond acceptors (Lipinski definition) is 3. The molecule has 3 aromatic rings. The molecule has 0 aromatic heterocycles. The Balaban J connectivity index is 1.43. The van der Waals surface area contributed by atoms with Crippen molar-refractivity contribution in [2.45, 2.75) is 0 Å². The van der Waals surface area contributed by atoms with E-state index in [0.29, 0.717) is 42.3 Å². The highest BCUT2D eigenvalue weighted by molar-refractivity contribution is 6.30. The Morgan fingerprint density at radius 3 is 2.07 bits per heavy atom. The number of carbonyl (C=O) groups is 2. The van der Waals surface area contributed by atoms with Gasteiger partial charge >= 0.3 is 0 Å². The van der Waals surface area contributed by atoms with Crippen molar-refractivity contribution < 1.29 is 9.59 Å². The largest absolute Gasteiger partial charge is 0.366 e. The van der Waals surface area contributed by atoms with E-state index in [-0.39, 0.29) is 11.8 Å². The van der Waals surface area contributed by atoms with Gasteiger partial charge in [0.2, 0.25) is 0 Å². The van der Waals surface area contributed by atoms with Crippen LogP contribution in [0.5, 0.6) is 0 Å². The molecule has 0 unspecified atom stereocenters. The Labute approximate surface area is 180 Å². The highest BCUT2D eigenvalue weighted by Crippen LogP contribution is 2.27. The van der Waals surface area contributed by atoms with Gasteiger partial charge in [0.1, 0.15) is 0 Å². The molecule has 1 fully saturated rings. The van der Waals surface area contributed by atoms with E-state index < -0.39 is 0 Å². The molecule has 30 heavy (non-hydrogen) atoms. The summed E-state index contributed by atoms with van der Waals surface area (Å²) in [4.78, 5) is 29.4. The minimum atomic E-state index is -0.139. The maximum Gasteiger partial charge on any atom is 0.255 e. The molecule has 1 N–H and O–H groups in total. The third-order valence-corrected chi connectivity index (χ3v) is 5.44. The number of piperazine rings is 1. The van der Waals surface area contributed by atoms with Gasteiger partial charge in [-0.1, -0.05) is 41.9 Å². The Morgan fingerprint density at radius 2 is 1.37 bits per heavy atom. The number of hydrogen-bond donors (Lipinski definition) is 1. The van der Waals surface area contributed by atoms with E-state index in [1.54, 1.807) is 36.4 Å². The van der Waals surface area contributed by atoms with Gasteiger partial charge in [0.15, 0.2) is 0 Å². The second kappa shape index (κ2) is 9.01. The molecule has 5 nitrogen and oxygen atoms in total. The lowest BCUT2D eigenvalue weighted by molar-refractivity contribution is 0.0746. The maximum absolute atomic E-state index is 12.7. The number of anilines is 2. The van der Waals surface area contributed by atoms with Crippen LogP contribution in [-0.4, -0.2) is 42.9 Å². The van der Waals surface area contributed by atoms with Crippen LogP contribution in [0.15, 0.2) is 78.9 Å². The van der Waals surface area contributed by atoms with Crippen LogP contribution in [0.4, 0.5) is 11.4 Å². The zero-order valence-electron chi connectivity index (χ0n) is 16.4. The van der Waals surface area contributed by atoms with Crippen molar-refractivity contribution in [2.24, 2.45) is 0 Å². The first kappa shape index (κ1) is 20.0. The topological polar surface area (TPSA) is 52.7 Å². The van der Waals surface area contributed by atoms with Crippen molar-refractivity contribution in [2.75, 3.05) is 36.4 Å². The average molecular weight is 420 g/mol. The third kappa shape index (κ3) is 4.47. The number of para-hydroxylation sites is 2. The van der Waals surface area contributed by atoms with Crippen LogP contribution in [0.1, 0.15) is 20.7 Å². The number of carbonyl (C=O) groups excluding carboxylic acids is 2. The molecule has 1 saturated heterocycles. The summed E-state index contributed by atoms with van der Waals surface area (Å²) < 4.78 is 0. The van der Waals surface area contributed by atoms with Gasteiger partial charge in [0.05, 0.1) is 11.4 Å². The minimum absolute atomic E-state index is 0.0111. The van der Waals surface area contributed by atoms with Crippen LogP contribution in [0.25, 0.3) is 0 Å². The molecule has 0 bridgehead atoms. The Morgan fingerprint density at radius 1 is 0.733 bits per heavy atom. The summed E-state index contributed by atoms with van der Waals surface area (Å²) in [6.07, 6.45) is 0. The van der Waals surface area contributed by atoms with Crippen molar-refractivity contribution in [3.05, 3.63) is 95.0 Å². The zero-order valence-corrected chi connectivity index (χ0v) is 17.2. The fraction of sp³-hybridized carbons (Fsp3) is 0.167. The molecule has 6 heteroatoms. The number of amides is 2. The van der Waals surface area contributed by atoms with Crippen LogP contribution in [0, 0.1) is 0 Å². The second-order valence-electron chi connectivity index (χ2n) is 7.12. The second-order valence-corrected chi connectivity index (χ2v) is 7.56. The molecule has 0 atom stereocenters. The van der Waals surface area contributed by atoms with Gasteiger partial charge in [-0.05, 0) is 48.5 Å². The van der Waals surface area contributed by atoms with Gasteiger partial charge in [-0.2, -0.15) is 0 Å². The number of nitrogens with zero attached hydrogens (tertiary/aromatic N) is 2. The molecule has 1 aliphatic heterocycles. The third-order valence-electron chi connectivity index (χ3n) is 5.19. The van der Waals surface area contributed by atoms with Crippen molar-refractivity contribution >= 4 is 34.8 Å². The number of benzene rings is 3. The Bertz CT molecular complexity index is 1030. The summed E-state index contributed by atoms with van der Waals surface area (Å²) in [6.45, 7) is 2.61. The van der Waals surface area contributed by atoms with Crippen molar-refractivity contribution in [1.82, 2.24) is 4.90 Å². The van der Waals surface area contributed by atoms with Gasteiger partial charge < -0.3 is 15.1 Å². The molecule has 152 valence electrons. The van der Waals surface area contributed by atoms with E-state index in [4.69, 9.17) is 11.6 Å². The van der Waals surface area contributed by atoms with Gasteiger partial charge in [-0.15, -0.1) is 0 Å². The SMILES string of the molecule is O=C(Nc1ccccc1N1CCN(C(=O)c2ccc(Cl)cc2)CC1)c1ccccc1. The Hall–Kier alpha value is -3.31. The van der Waals surface area contributed by atoms with Gasteiger partial charge in [-0.3, -0.25) is 9.59 Å². The summed E-state index contributed by atoms with van der Waals surface area (Å²) in [7, 11) is 0. The summed E-state index contributed by atoms with van der Waals surface area (Å²) in [5.41, 5.74) is 2.98. The lowest BCUT2D eigenvalue weighted by atomic mass is 10.1. The molecule has 0 radical (unpaired) electrons. The van der Waals surface area contributed by atoms with E-state index in [0.717, 1.165) is 11.4 Å². The van der Waals surface area contributed by atoms with E-state index in [1.165, 1.54) is 0 Å². The molecule has 4 rings (SSSR count). The molecule has 0 aliphatic carbocycles. The van der Waals surface area contributed by atoms with Crippen LogP contribution in [-0.2, 0) is 0 Å². The molecular formula is C24H22ClN3O2. The molecule has 1 heterocycles. The lowest BCUT2D eigenvalue weighted by Gasteiger charge is -2.37. The predicted molar refractivity (Wildman–Crippen MR) is 120 cm³/mol. The number of nitrogens with one attached hydrogen (secondary N) is 1. The molecule has 0 spiro atoms. The summed E-state index contributed by atoms with van der Waals surface area (Å²) >= 11 is 5.92. The average Bonchev–Trinajstić information content (AvgIpc) is 2.80. The first-order chi connectivity index (χ1) is 14.6. The fourth-order valence-corrected chi connectivity index (χ4v) is 3.69. The summed E-state index contributed by atoms with van der Waals surface area (Å²) in [5, 5.41) is 3.63. The first-order valence-corrected chi connectivity index (χ1v) is 10.2.